The highest BCUT2D eigenvalue weighted by Crippen LogP contribution is 2.41. The zero-order valence-electron chi connectivity index (χ0n) is 18.5. The van der Waals surface area contributed by atoms with Crippen molar-refractivity contribution >= 4 is 33.5 Å². The number of nitrogens with one attached hydrogen (secondary N) is 1. The van der Waals surface area contributed by atoms with Crippen LogP contribution in [-0.2, 0) is 15.8 Å². The number of aliphatic carboxylic acids is 1. The number of halogens is 4. The standard InChI is InChI=1S/C25H24BrF3N2O4/c26-19-13-22(18(25(27,28)29)12-21(19)31-24(34)20(30)14-23(32)33)35-11-10-15-6-8-17(9-7-15)16-4-2-1-3-5-16/h1-8,12-13,17,20H,9-11,14,30H2,(H,31,34)(H,32,33)/t17?,20-/m0/s1. The molecule has 4 N–H and O–H groups in total. The first-order chi connectivity index (χ1) is 16.5. The van der Waals surface area contributed by atoms with Gasteiger partial charge in [0, 0.05) is 16.8 Å². The molecule has 0 aliphatic heterocycles. The summed E-state index contributed by atoms with van der Waals surface area (Å²) >= 11 is 3.13. The third-order valence-corrected chi connectivity index (χ3v) is 6.07. The second kappa shape index (κ2) is 11.5. The van der Waals surface area contributed by atoms with E-state index in [1.807, 2.05) is 24.3 Å². The topological polar surface area (TPSA) is 102 Å². The molecule has 1 aliphatic rings. The van der Waals surface area contributed by atoms with Crippen LogP contribution in [0.3, 0.4) is 0 Å². The summed E-state index contributed by atoms with van der Waals surface area (Å²) in [7, 11) is 0. The second-order valence-electron chi connectivity index (χ2n) is 8.01. The molecule has 0 heterocycles. The molecule has 2 aromatic carbocycles. The summed E-state index contributed by atoms with van der Waals surface area (Å²) in [6.45, 7) is 0.0247. The summed E-state index contributed by atoms with van der Waals surface area (Å²) in [6, 6.07) is 10.5. The van der Waals surface area contributed by atoms with Crippen LogP contribution in [0, 0.1) is 0 Å². The van der Waals surface area contributed by atoms with Crippen molar-refractivity contribution in [2.75, 3.05) is 11.9 Å². The lowest BCUT2D eigenvalue weighted by Gasteiger charge is -2.19. The van der Waals surface area contributed by atoms with Crippen LogP contribution in [0.15, 0.2) is 70.7 Å². The van der Waals surface area contributed by atoms with Gasteiger partial charge in [0.2, 0.25) is 5.91 Å². The number of rotatable bonds is 9. The Kier molecular flexibility index (Phi) is 8.74. The first kappa shape index (κ1) is 26.5. The fraction of sp³-hybridized carbons (Fsp3) is 0.280. The van der Waals surface area contributed by atoms with Crippen molar-refractivity contribution in [2.24, 2.45) is 5.73 Å². The largest absolute Gasteiger partial charge is 0.493 e. The van der Waals surface area contributed by atoms with E-state index in [1.54, 1.807) is 0 Å². The minimum Gasteiger partial charge on any atom is -0.493 e. The zero-order chi connectivity index (χ0) is 25.6. The smallest absolute Gasteiger partial charge is 0.420 e. The van der Waals surface area contributed by atoms with Crippen LogP contribution >= 0.6 is 15.9 Å². The van der Waals surface area contributed by atoms with Gasteiger partial charge in [-0.1, -0.05) is 48.6 Å². The molecule has 35 heavy (non-hydrogen) atoms. The third kappa shape index (κ3) is 7.43. The molecular formula is C25H24BrF3N2O4. The summed E-state index contributed by atoms with van der Waals surface area (Å²) in [4.78, 5) is 22.8. The van der Waals surface area contributed by atoms with Gasteiger partial charge in [-0.05, 0) is 45.6 Å². The van der Waals surface area contributed by atoms with E-state index in [2.05, 4.69) is 45.5 Å². The maximum absolute atomic E-state index is 13.7. The Morgan fingerprint density at radius 1 is 1.23 bits per heavy atom. The Labute approximate surface area is 208 Å². The fourth-order valence-electron chi connectivity index (χ4n) is 3.57. The number of carbonyl (C=O) groups is 2. The van der Waals surface area contributed by atoms with Crippen molar-refractivity contribution < 1.29 is 32.6 Å². The Bertz CT molecular complexity index is 1130. The van der Waals surface area contributed by atoms with Gasteiger partial charge in [0.25, 0.3) is 0 Å². The molecule has 1 aliphatic carbocycles. The predicted octanol–water partition coefficient (Wildman–Crippen LogP) is 5.65. The molecule has 10 heteroatoms. The van der Waals surface area contributed by atoms with E-state index in [0.29, 0.717) is 6.42 Å². The molecule has 6 nitrogen and oxygen atoms in total. The van der Waals surface area contributed by atoms with E-state index in [-0.39, 0.29) is 28.4 Å². The highest BCUT2D eigenvalue weighted by molar-refractivity contribution is 9.10. The van der Waals surface area contributed by atoms with Gasteiger partial charge in [0.1, 0.15) is 5.75 Å². The number of carboxylic acids is 1. The quantitative estimate of drug-likeness (QED) is 0.373. The van der Waals surface area contributed by atoms with Gasteiger partial charge in [-0.15, -0.1) is 0 Å². The molecule has 186 valence electrons. The van der Waals surface area contributed by atoms with Gasteiger partial charge in [-0.3, -0.25) is 9.59 Å². The van der Waals surface area contributed by atoms with E-state index < -0.39 is 36.1 Å². The lowest BCUT2D eigenvalue weighted by Crippen LogP contribution is -2.37. The monoisotopic (exact) mass is 552 g/mol. The minimum absolute atomic E-state index is 0.0247. The summed E-state index contributed by atoms with van der Waals surface area (Å²) < 4.78 is 46.7. The number of amides is 1. The molecule has 2 aromatic rings. The molecule has 0 bridgehead atoms. The van der Waals surface area contributed by atoms with Gasteiger partial charge in [-0.2, -0.15) is 13.2 Å². The Morgan fingerprint density at radius 2 is 1.94 bits per heavy atom. The summed E-state index contributed by atoms with van der Waals surface area (Å²) in [5, 5.41) is 11.0. The van der Waals surface area contributed by atoms with Crippen molar-refractivity contribution in [1.82, 2.24) is 0 Å². The van der Waals surface area contributed by atoms with E-state index in [0.717, 1.165) is 24.1 Å². The maximum atomic E-state index is 13.7. The minimum atomic E-state index is -4.74. The van der Waals surface area contributed by atoms with Gasteiger partial charge >= 0.3 is 12.1 Å². The van der Waals surface area contributed by atoms with Gasteiger partial charge in [0.15, 0.2) is 0 Å². The molecule has 3 rings (SSSR count). The van der Waals surface area contributed by atoms with E-state index >= 15 is 0 Å². The van der Waals surface area contributed by atoms with Crippen molar-refractivity contribution in [1.29, 1.82) is 0 Å². The molecule has 1 unspecified atom stereocenters. The third-order valence-electron chi connectivity index (χ3n) is 5.42. The van der Waals surface area contributed by atoms with Crippen LogP contribution in [0.2, 0.25) is 0 Å². The highest BCUT2D eigenvalue weighted by Gasteiger charge is 2.36. The number of carbonyl (C=O) groups excluding carboxylic acids is 1. The second-order valence-corrected chi connectivity index (χ2v) is 8.86. The zero-order valence-corrected chi connectivity index (χ0v) is 20.1. The predicted molar refractivity (Wildman–Crippen MR) is 129 cm³/mol. The lowest BCUT2D eigenvalue weighted by atomic mass is 9.89. The normalized spacial score (nSPS) is 16.4. The van der Waals surface area contributed by atoms with Gasteiger partial charge < -0.3 is 20.9 Å². The van der Waals surface area contributed by atoms with Crippen molar-refractivity contribution in [2.45, 2.75) is 37.4 Å². The Hall–Kier alpha value is -3.11. The van der Waals surface area contributed by atoms with Crippen molar-refractivity contribution in [3.8, 4) is 5.75 Å². The highest BCUT2D eigenvalue weighted by atomic mass is 79.9. The lowest BCUT2D eigenvalue weighted by molar-refractivity contribution is -0.139. The molecule has 2 atom stereocenters. The van der Waals surface area contributed by atoms with E-state index in [4.69, 9.17) is 15.6 Å². The van der Waals surface area contributed by atoms with Crippen LogP contribution in [0.1, 0.15) is 36.3 Å². The van der Waals surface area contributed by atoms with Crippen LogP contribution in [0.4, 0.5) is 18.9 Å². The molecule has 0 aromatic heterocycles. The first-order valence-electron chi connectivity index (χ1n) is 10.8. The molecule has 0 saturated carbocycles. The molecule has 0 spiro atoms. The number of ether oxygens (including phenoxy) is 1. The fourth-order valence-corrected chi connectivity index (χ4v) is 4.00. The number of allylic oxidation sites excluding steroid dienone is 3. The number of carboxylic acid groups (broad SMARTS) is 1. The summed E-state index contributed by atoms with van der Waals surface area (Å²) in [5.74, 6) is -2.34. The average Bonchev–Trinajstić information content (AvgIpc) is 2.80. The van der Waals surface area contributed by atoms with Crippen molar-refractivity contribution in [3.05, 3.63) is 81.9 Å². The number of hydrogen-bond acceptors (Lipinski definition) is 4. The number of benzene rings is 2. The van der Waals surface area contributed by atoms with Crippen LogP contribution in [0.25, 0.3) is 0 Å². The Balaban J connectivity index is 1.65. The molecule has 1 amide bonds. The first-order valence-corrected chi connectivity index (χ1v) is 11.6. The molecular weight excluding hydrogens is 529 g/mol. The van der Waals surface area contributed by atoms with E-state index in [1.165, 1.54) is 5.56 Å². The van der Waals surface area contributed by atoms with Crippen molar-refractivity contribution in [3.63, 3.8) is 0 Å². The molecule has 0 saturated heterocycles. The van der Waals surface area contributed by atoms with Gasteiger partial charge in [0.05, 0.1) is 30.3 Å². The summed E-state index contributed by atoms with van der Waals surface area (Å²) in [6.07, 6.45) is 1.92. The SMILES string of the molecule is N[C@@H](CC(=O)O)C(=O)Nc1cc(C(F)(F)F)c(OCCC2=CCC(c3ccccc3)C=C2)cc1Br. The summed E-state index contributed by atoms with van der Waals surface area (Å²) in [5.41, 5.74) is 6.39. The number of hydrogen-bond donors (Lipinski definition) is 3. The molecule has 0 radical (unpaired) electrons. The molecule has 0 fully saturated rings. The Morgan fingerprint density at radius 3 is 2.54 bits per heavy atom. The van der Waals surface area contributed by atoms with Crippen LogP contribution in [-0.4, -0.2) is 29.6 Å². The number of alkyl halides is 3. The van der Waals surface area contributed by atoms with Crippen LogP contribution in [0.5, 0.6) is 5.75 Å². The van der Waals surface area contributed by atoms with E-state index in [9.17, 15) is 22.8 Å². The maximum Gasteiger partial charge on any atom is 0.420 e. The average molecular weight is 553 g/mol. The van der Waals surface area contributed by atoms with Gasteiger partial charge in [-0.25, -0.2) is 0 Å². The van der Waals surface area contributed by atoms with Crippen LogP contribution < -0.4 is 15.8 Å². The number of nitrogens with two attached hydrogens (primary N) is 1. The number of anilines is 1.